The molecule has 3 aromatic heterocycles. The topological polar surface area (TPSA) is 93.2 Å². The average Bonchev–Trinajstić information content (AvgIpc) is 3.40. The van der Waals surface area contributed by atoms with Crippen molar-refractivity contribution in [1.82, 2.24) is 29.8 Å². The van der Waals surface area contributed by atoms with Crippen LogP contribution in [0.15, 0.2) is 29.2 Å². The Morgan fingerprint density at radius 3 is 2.66 bits per heavy atom. The summed E-state index contributed by atoms with van der Waals surface area (Å²) in [7, 11) is 0. The second-order valence-electron chi connectivity index (χ2n) is 7.56. The van der Waals surface area contributed by atoms with E-state index in [4.69, 9.17) is 4.52 Å². The SMILES string of the molecule is Cc1ccn(-c2cc(N3CCN(C(=O)c4noc5c4CCCC5)CC3)ncn2)n1. The van der Waals surface area contributed by atoms with Crippen molar-refractivity contribution in [3.63, 3.8) is 0 Å². The second kappa shape index (κ2) is 7.31. The fourth-order valence-electron chi connectivity index (χ4n) is 4.02. The molecule has 0 unspecified atom stereocenters. The molecule has 9 heteroatoms. The van der Waals surface area contributed by atoms with E-state index >= 15 is 0 Å². The van der Waals surface area contributed by atoms with E-state index in [2.05, 4.69) is 25.1 Å². The van der Waals surface area contributed by atoms with Crippen molar-refractivity contribution in [1.29, 1.82) is 0 Å². The molecule has 5 rings (SSSR count). The predicted octanol–water partition coefficient (Wildman–Crippen LogP) is 1.80. The number of amides is 1. The van der Waals surface area contributed by atoms with Crippen LogP contribution in [0.2, 0.25) is 0 Å². The summed E-state index contributed by atoms with van der Waals surface area (Å²) in [6, 6.07) is 3.87. The zero-order valence-electron chi connectivity index (χ0n) is 16.4. The molecule has 150 valence electrons. The summed E-state index contributed by atoms with van der Waals surface area (Å²) in [6.07, 6.45) is 7.41. The van der Waals surface area contributed by atoms with Crippen molar-refractivity contribution in [2.45, 2.75) is 32.6 Å². The van der Waals surface area contributed by atoms with Crippen LogP contribution in [-0.2, 0) is 12.8 Å². The van der Waals surface area contributed by atoms with Gasteiger partial charge in [0.25, 0.3) is 5.91 Å². The van der Waals surface area contributed by atoms with E-state index in [0.29, 0.717) is 31.9 Å². The lowest BCUT2D eigenvalue weighted by molar-refractivity contribution is 0.0735. The van der Waals surface area contributed by atoms with Gasteiger partial charge in [0.1, 0.15) is 17.9 Å². The number of nitrogens with zero attached hydrogens (tertiary/aromatic N) is 7. The summed E-state index contributed by atoms with van der Waals surface area (Å²) < 4.78 is 7.16. The fraction of sp³-hybridized carbons (Fsp3) is 0.450. The molecule has 0 N–H and O–H groups in total. The normalized spacial score (nSPS) is 16.7. The third kappa shape index (κ3) is 3.37. The van der Waals surface area contributed by atoms with Crippen LogP contribution in [0.5, 0.6) is 0 Å². The molecule has 4 heterocycles. The van der Waals surface area contributed by atoms with Gasteiger partial charge in [0.05, 0.1) is 5.69 Å². The highest BCUT2D eigenvalue weighted by atomic mass is 16.5. The first-order valence-corrected chi connectivity index (χ1v) is 10.1. The Kier molecular flexibility index (Phi) is 4.49. The molecule has 1 saturated heterocycles. The van der Waals surface area contributed by atoms with Crippen molar-refractivity contribution in [2.24, 2.45) is 0 Å². The van der Waals surface area contributed by atoms with Crippen molar-refractivity contribution in [3.05, 3.63) is 47.4 Å². The third-order valence-corrected chi connectivity index (χ3v) is 5.64. The minimum Gasteiger partial charge on any atom is -0.360 e. The van der Waals surface area contributed by atoms with Crippen molar-refractivity contribution in [3.8, 4) is 5.82 Å². The summed E-state index contributed by atoms with van der Waals surface area (Å²) in [5, 5.41) is 8.49. The maximum absolute atomic E-state index is 13.0. The van der Waals surface area contributed by atoms with Crippen LogP contribution >= 0.6 is 0 Å². The van der Waals surface area contributed by atoms with E-state index in [1.54, 1.807) is 11.0 Å². The summed E-state index contributed by atoms with van der Waals surface area (Å²) in [6.45, 7) is 4.61. The molecule has 1 amide bonds. The quantitative estimate of drug-likeness (QED) is 0.670. The molecule has 1 aliphatic carbocycles. The van der Waals surface area contributed by atoms with Crippen LogP contribution in [-0.4, -0.2) is 61.9 Å². The molecule has 0 atom stereocenters. The third-order valence-electron chi connectivity index (χ3n) is 5.64. The number of carbonyl (C=O) groups excluding carboxylic acids is 1. The van der Waals surface area contributed by atoms with E-state index in [1.807, 2.05) is 30.2 Å². The van der Waals surface area contributed by atoms with E-state index < -0.39 is 0 Å². The predicted molar refractivity (Wildman–Crippen MR) is 105 cm³/mol. The Morgan fingerprint density at radius 1 is 1.07 bits per heavy atom. The van der Waals surface area contributed by atoms with Crippen LogP contribution < -0.4 is 4.90 Å². The van der Waals surface area contributed by atoms with Gasteiger partial charge in [-0.3, -0.25) is 4.79 Å². The number of hydrogen-bond donors (Lipinski definition) is 0. The van der Waals surface area contributed by atoms with Gasteiger partial charge >= 0.3 is 0 Å². The monoisotopic (exact) mass is 393 g/mol. The van der Waals surface area contributed by atoms with E-state index in [9.17, 15) is 4.79 Å². The molecular formula is C20H23N7O2. The number of rotatable bonds is 3. The van der Waals surface area contributed by atoms with Crippen LogP contribution in [0.4, 0.5) is 5.82 Å². The molecule has 0 spiro atoms. The lowest BCUT2D eigenvalue weighted by atomic mass is 9.96. The molecule has 9 nitrogen and oxygen atoms in total. The maximum atomic E-state index is 13.0. The maximum Gasteiger partial charge on any atom is 0.276 e. The van der Waals surface area contributed by atoms with Gasteiger partial charge in [-0.05, 0) is 32.3 Å². The lowest BCUT2D eigenvalue weighted by Gasteiger charge is -2.35. The van der Waals surface area contributed by atoms with Crippen LogP contribution in [0.3, 0.4) is 0 Å². The van der Waals surface area contributed by atoms with Gasteiger partial charge in [-0.15, -0.1) is 0 Å². The molecule has 2 aliphatic rings. The number of carbonyl (C=O) groups is 1. The number of hydrogen-bond acceptors (Lipinski definition) is 7. The van der Waals surface area contributed by atoms with Crippen LogP contribution in [0.1, 0.15) is 40.3 Å². The Bertz CT molecular complexity index is 1030. The van der Waals surface area contributed by atoms with Crippen molar-refractivity contribution >= 4 is 11.7 Å². The van der Waals surface area contributed by atoms with Crippen molar-refractivity contribution in [2.75, 3.05) is 31.1 Å². The van der Waals surface area contributed by atoms with Gasteiger partial charge in [0.15, 0.2) is 11.5 Å². The molecule has 1 fully saturated rings. The van der Waals surface area contributed by atoms with Gasteiger partial charge in [-0.25, -0.2) is 14.6 Å². The highest BCUT2D eigenvalue weighted by molar-refractivity contribution is 5.94. The smallest absolute Gasteiger partial charge is 0.276 e. The molecule has 29 heavy (non-hydrogen) atoms. The summed E-state index contributed by atoms with van der Waals surface area (Å²) >= 11 is 0. The first kappa shape index (κ1) is 17.8. The standard InChI is InChI=1S/C20H23N7O2/c1-14-6-7-27(23-14)18-12-17(21-13-22-18)25-8-10-26(11-9-25)20(28)19-15-4-2-3-5-16(15)29-24-19/h6-7,12-13H,2-5,8-11H2,1H3. The van der Waals surface area contributed by atoms with Crippen molar-refractivity contribution < 1.29 is 9.32 Å². The summed E-state index contributed by atoms with van der Waals surface area (Å²) in [5.74, 6) is 2.44. The molecule has 0 aromatic carbocycles. The molecular weight excluding hydrogens is 370 g/mol. The number of aryl methyl sites for hydroxylation is 2. The molecule has 1 aliphatic heterocycles. The van der Waals surface area contributed by atoms with E-state index in [0.717, 1.165) is 54.3 Å². The molecule has 0 radical (unpaired) electrons. The highest BCUT2D eigenvalue weighted by Crippen LogP contribution is 2.25. The number of aromatic nitrogens is 5. The Hall–Kier alpha value is -3.23. The number of fused-ring (bicyclic) bond motifs is 1. The number of anilines is 1. The van der Waals surface area contributed by atoms with Gasteiger partial charge in [0.2, 0.25) is 0 Å². The Balaban J connectivity index is 1.27. The van der Waals surface area contributed by atoms with Gasteiger partial charge in [-0.2, -0.15) is 5.10 Å². The first-order valence-electron chi connectivity index (χ1n) is 10.1. The lowest BCUT2D eigenvalue weighted by Crippen LogP contribution is -2.49. The second-order valence-corrected chi connectivity index (χ2v) is 7.56. The summed E-state index contributed by atoms with van der Waals surface area (Å²) in [5.41, 5.74) is 2.46. The van der Waals surface area contributed by atoms with Crippen LogP contribution in [0, 0.1) is 6.92 Å². The fourth-order valence-corrected chi connectivity index (χ4v) is 4.02. The van der Waals surface area contributed by atoms with E-state index in [-0.39, 0.29) is 5.91 Å². The van der Waals surface area contributed by atoms with Gasteiger partial charge < -0.3 is 14.3 Å². The zero-order chi connectivity index (χ0) is 19.8. The molecule has 0 bridgehead atoms. The van der Waals surface area contributed by atoms with E-state index in [1.165, 1.54) is 0 Å². The highest BCUT2D eigenvalue weighted by Gasteiger charge is 2.29. The summed E-state index contributed by atoms with van der Waals surface area (Å²) in [4.78, 5) is 25.7. The largest absolute Gasteiger partial charge is 0.360 e. The van der Waals surface area contributed by atoms with Gasteiger partial charge in [0, 0.05) is 50.4 Å². The number of piperazine rings is 1. The molecule has 3 aromatic rings. The molecule has 0 saturated carbocycles. The van der Waals surface area contributed by atoms with Gasteiger partial charge in [-0.1, -0.05) is 5.16 Å². The Morgan fingerprint density at radius 2 is 1.86 bits per heavy atom. The average molecular weight is 393 g/mol. The first-order chi connectivity index (χ1) is 14.2. The minimum atomic E-state index is -0.0213. The Labute approximate surface area is 168 Å². The zero-order valence-corrected chi connectivity index (χ0v) is 16.4. The minimum absolute atomic E-state index is 0.0213. The van der Waals surface area contributed by atoms with Crippen LogP contribution in [0.25, 0.3) is 5.82 Å².